The molecule has 0 saturated carbocycles. The van der Waals surface area contributed by atoms with Crippen molar-refractivity contribution in [2.75, 3.05) is 26.2 Å². The number of hydrogen-bond acceptors (Lipinski definition) is 4. The molecule has 1 amide bonds. The standard InChI is InChI=1S/C16H14ClF2N3O3S/c17-15-4-1-11(10-20-15)16(23)21-5-7-22(8-6-21)26(24,25)12-2-3-13(18)14(19)9-12/h1-4,9-10H,5-8H2. The van der Waals surface area contributed by atoms with Gasteiger partial charge in [0.15, 0.2) is 11.6 Å². The first-order valence-corrected chi connectivity index (χ1v) is 9.47. The van der Waals surface area contributed by atoms with Crippen molar-refractivity contribution in [2.24, 2.45) is 0 Å². The molecule has 0 N–H and O–H groups in total. The summed E-state index contributed by atoms with van der Waals surface area (Å²) in [6.07, 6.45) is 1.36. The molecule has 26 heavy (non-hydrogen) atoms. The van der Waals surface area contributed by atoms with Crippen molar-refractivity contribution in [3.05, 3.63) is 58.9 Å². The molecule has 1 aliphatic heterocycles. The third kappa shape index (κ3) is 3.69. The Morgan fingerprint density at radius 1 is 1.04 bits per heavy atom. The number of rotatable bonds is 3. The van der Waals surface area contributed by atoms with Crippen molar-refractivity contribution < 1.29 is 22.0 Å². The van der Waals surface area contributed by atoms with E-state index in [0.29, 0.717) is 11.6 Å². The van der Waals surface area contributed by atoms with Gasteiger partial charge in [-0.25, -0.2) is 22.2 Å². The van der Waals surface area contributed by atoms with Gasteiger partial charge in [0.05, 0.1) is 10.5 Å². The van der Waals surface area contributed by atoms with Crippen LogP contribution >= 0.6 is 11.6 Å². The van der Waals surface area contributed by atoms with E-state index in [-0.39, 0.29) is 42.1 Å². The summed E-state index contributed by atoms with van der Waals surface area (Å²) in [4.78, 5) is 17.4. The van der Waals surface area contributed by atoms with E-state index in [1.165, 1.54) is 17.2 Å². The fraction of sp³-hybridized carbons (Fsp3) is 0.250. The maximum atomic E-state index is 13.3. The van der Waals surface area contributed by atoms with Crippen molar-refractivity contribution in [1.29, 1.82) is 0 Å². The molecule has 0 aliphatic carbocycles. The van der Waals surface area contributed by atoms with Gasteiger partial charge in [-0.15, -0.1) is 0 Å². The topological polar surface area (TPSA) is 70.6 Å². The molecule has 1 saturated heterocycles. The molecular weight excluding hydrogens is 388 g/mol. The van der Waals surface area contributed by atoms with Gasteiger partial charge in [-0.05, 0) is 30.3 Å². The van der Waals surface area contributed by atoms with E-state index in [1.807, 2.05) is 0 Å². The van der Waals surface area contributed by atoms with Gasteiger partial charge in [0, 0.05) is 32.4 Å². The van der Waals surface area contributed by atoms with E-state index in [2.05, 4.69) is 4.98 Å². The fourth-order valence-corrected chi connectivity index (χ4v) is 4.15. The van der Waals surface area contributed by atoms with Gasteiger partial charge in [0.1, 0.15) is 5.15 Å². The molecule has 138 valence electrons. The second-order valence-corrected chi connectivity index (χ2v) is 7.97. The van der Waals surface area contributed by atoms with Crippen LogP contribution in [0.15, 0.2) is 41.4 Å². The van der Waals surface area contributed by atoms with Crippen LogP contribution in [0.5, 0.6) is 0 Å². The molecule has 6 nitrogen and oxygen atoms in total. The number of amides is 1. The Balaban J connectivity index is 1.70. The van der Waals surface area contributed by atoms with E-state index < -0.39 is 21.7 Å². The number of halogens is 3. The van der Waals surface area contributed by atoms with Gasteiger partial charge < -0.3 is 4.90 Å². The van der Waals surface area contributed by atoms with E-state index in [9.17, 15) is 22.0 Å². The second kappa shape index (κ2) is 7.26. The molecular formula is C16H14ClF2N3O3S. The minimum Gasteiger partial charge on any atom is -0.336 e. The zero-order chi connectivity index (χ0) is 18.9. The number of hydrogen-bond donors (Lipinski definition) is 0. The SMILES string of the molecule is O=C(c1ccc(Cl)nc1)N1CCN(S(=O)(=O)c2ccc(F)c(F)c2)CC1. The molecule has 0 radical (unpaired) electrons. The molecule has 0 atom stereocenters. The number of carbonyl (C=O) groups excluding carboxylic acids is 1. The van der Waals surface area contributed by atoms with Crippen molar-refractivity contribution in [2.45, 2.75) is 4.90 Å². The molecule has 1 aliphatic rings. The first kappa shape index (κ1) is 18.7. The van der Waals surface area contributed by atoms with Gasteiger partial charge in [-0.1, -0.05) is 11.6 Å². The molecule has 1 aromatic heterocycles. The Labute approximate surface area is 154 Å². The highest BCUT2D eigenvalue weighted by Gasteiger charge is 2.31. The van der Waals surface area contributed by atoms with Crippen LogP contribution in [0.2, 0.25) is 5.15 Å². The van der Waals surface area contributed by atoms with Crippen molar-refractivity contribution in [1.82, 2.24) is 14.2 Å². The lowest BCUT2D eigenvalue weighted by molar-refractivity contribution is 0.0697. The quantitative estimate of drug-likeness (QED) is 0.739. The summed E-state index contributed by atoms with van der Waals surface area (Å²) in [5.74, 6) is -2.62. The number of nitrogens with zero attached hydrogens (tertiary/aromatic N) is 3. The summed E-state index contributed by atoms with van der Waals surface area (Å²) >= 11 is 5.69. The Kier molecular flexibility index (Phi) is 5.22. The minimum absolute atomic E-state index is 0.0497. The predicted octanol–water partition coefficient (Wildman–Crippen LogP) is 2.16. The number of benzene rings is 1. The Morgan fingerprint density at radius 2 is 1.73 bits per heavy atom. The van der Waals surface area contributed by atoms with E-state index in [0.717, 1.165) is 16.4 Å². The highest BCUT2D eigenvalue weighted by atomic mass is 35.5. The molecule has 2 heterocycles. The van der Waals surface area contributed by atoms with Crippen LogP contribution in [0, 0.1) is 11.6 Å². The van der Waals surface area contributed by atoms with Gasteiger partial charge in [0.2, 0.25) is 10.0 Å². The number of carbonyl (C=O) groups is 1. The summed E-state index contributed by atoms with van der Waals surface area (Å²) in [6.45, 7) is 0.441. The van der Waals surface area contributed by atoms with Gasteiger partial charge in [-0.3, -0.25) is 4.79 Å². The Morgan fingerprint density at radius 3 is 2.31 bits per heavy atom. The molecule has 0 unspecified atom stereocenters. The number of piperazine rings is 1. The van der Waals surface area contributed by atoms with E-state index in [1.54, 1.807) is 6.07 Å². The Hall–Kier alpha value is -2.10. The van der Waals surface area contributed by atoms with Crippen LogP contribution in [0.4, 0.5) is 8.78 Å². The fourth-order valence-electron chi connectivity index (χ4n) is 2.60. The summed E-state index contributed by atoms with van der Waals surface area (Å²) < 4.78 is 52.6. The molecule has 0 spiro atoms. The molecule has 10 heteroatoms. The zero-order valence-electron chi connectivity index (χ0n) is 13.4. The first-order chi connectivity index (χ1) is 12.3. The summed E-state index contributed by atoms with van der Waals surface area (Å²) in [6, 6.07) is 5.49. The summed E-state index contributed by atoms with van der Waals surface area (Å²) in [5.41, 5.74) is 0.353. The molecule has 1 fully saturated rings. The average molecular weight is 402 g/mol. The van der Waals surface area contributed by atoms with Crippen molar-refractivity contribution in [3.8, 4) is 0 Å². The number of aromatic nitrogens is 1. The monoisotopic (exact) mass is 401 g/mol. The summed E-state index contributed by atoms with van der Waals surface area (Å²) in [7, 11) is -3.96. The predicted molar refractivity (Wildman–Crippen MR) is 90.3 cm³/mol. The van der Waals surface area contributed by atoms with Gasteiger partial charge in [0.25, 0.3) is 5.91 Å². The molecule has 0 bridgehead atoms. The lowest BCUT2D eigenvalue weighted by atomic mass is 10.2. The number of pyridine rings is 1. The largest absolute Gasteiger partial charge is 0.336 e. The smallest absolute Gasteiger partial charge is 0.255 e. The van der Waals surface area contributed by atoms with Crippen molar-refractivity contribution in [3.63, 3.8) is 0 Å². The minimum atomic E-state index is -3.96. The third-order valence-corrected chi connectivity index (χ3v) is 6.15. The normalized spacial score (nSPS) is 15.9. The van der Waals surface area contributed by atoms with Crippen molar-refractivity contribution >= 4 is 27.5 Å². The van der Waals surface area contributed by atoms with Gasteiger partial charge in [-0.2, -0.15) is 4.31 Å². The lowest BCUT2D eigenvalue weighted by Crippen LogP contribution is -2.50. The van der Waals surface area contributed by atoms with Crippen LogP contribution < -0.4 is 0 Å². The Bertz CT molecular complexity index is 930. The highest BCUT2D eigenvalue weighted by molar-refractivity contribution is 7.89. The van der Waals surface area contributed by atoms with Crippen LogP contribution in [0.3, 0.4) is 0 Å². The van der Waals surface area contributed by atoms with Crippen LogP contribution in [0.1, 0.15) is 10.4 Å². The molecule has 3 rings (SSSR count). The number of sulfonamides is 1. The van der Waals surface area contributed by atoms with Crippen LogP contribution in [-0.4, -0.2) is 54.7 Å². The van der Waals surface area contributed by atoms with E-state index in [4.69, 9.17) is 11.6 Å². The third-order valence-electron chi connectivity index (χ3n) is 4.03. The second-order valence-electron chi connectivity index (χ2n) is 5.64. The first-order valence-electron chi connectivity index (χ1n) is 7.65. The van der Waals surface area contributed by atoms with E-state index >= 15 is 0 Å². The van der Waals surface area contributed by atoms with Crippen LogP contribution in [-0.2, 0) is 10.0 Å². The van der Waals surface area contributed by atoms with Gasteiger partial charge >= 0.3 is 0 Å². The average Bonchev–Trinajstić information content (AvgIpc) is 2.64. The maximum absolute atomic E-state index is 13.3. The summed E-state index contributed by atoms with van der Waals surface area (Å²) in [5, 5.41) is 0.268. The zero-order valence-corrected chi connectivity index (χ0v) is 15.0. The highest BCUT2D eigenvalue weighted by Crippen LogP contribution is 2.20. The van der Waals surface area contributed by atoms with Crippen LogP contribution in [0.25, 0.3) is 0 Å². The molecule has 2 aromatic rings. The maximum Gasteiger partial charge on any atom is 0.255 e. The lowest BCUT2D eigenvalue weighted by Gasteiger charge is -2.34. The molecule has 1 aromatic carbocycles.